The fourth-order valence-corrected chi connectivity index (χ4v) is 0.475. The molecular formula is C3H2F4O2S. The van der Waals surface area contributed by atoms with Crippen molar-refractivity contribution in [1.29, 1.82) is 0 Å². The molecule has 0 amide bonds. The Bertz CT molecular complexity index is 223. The summed E-state index contributed by atoms with van der Waals surface area (Å²) >= 11 is 0. The monoisotopic (exact) mass is 178 g/mol. The maximum Gasteiger partial charge on any atom is 0.410 e. The lowest BCUT2D eigenvalue weighted by molar-refractivity contribution is -0.0797. The molecule has 0 fully saturated rings. The zero-order valence-electron chi connectivity index (χ0n) is 4.39. The van der Waals surface area contributed by atoms with Crippen LogP contribution in [0, 0.1) is 0 Å². The van der Waals surface area contributed by atoms with Crippen LogP contribution < -0.4 is 0 Å². The third-order valence-corrected chi connectivity index (χ3v) is 0.881. The molecule has 0 aromatic heterocycles. The molecule has 10 heavy (non-hydrogen) atoms. The molecule has 0 aromatic rings. The molecule has 60 valence electrons. The van der Waals surface area contributed by atoms with Gasteiger partial charge >= 0.3 is 16.4 Å². The lowest BCUT2D eigenvalue weighted by atomic mass is 10.6. The second kappa shape index (κ2) is 2.57. The Balaban J connectivity index is 4.31. The Morgan fingerprint density at radius 1 is 1.20 bits per heavy atom. The van der Waals surface area contributed by atoms with Crippen molar-refractivity contribution in [2.24, 2.45) is 0 Å². The number of rotatable bonds is 1. The Labute approximate surface area is 54.4 Å². The van der Waals surface area contributed by atoms with Crippen molar-refractivity contribution in [2.75, 3.05) is 0 Å². The quantitative estimate of drug-likeness (QED) is 0.448. The first-order valence-corrected chi connectivity index (χ1v) is 3.36. The molecule has 0 unspecified atom stereocenters. The normalized spacial score (nSPS) is 14.4. The maximum absolute atomic E-state index is 11.3. The molecule has 0 aliphatic rings. The molecule has 0 N–H and O–H groups in total. The number of hydrogen-bond donors (Lipinski definition) is 0. The highest BCUT2D eigenvalue weighted by atomic mass is 32.3. The predicted octanol–water partition coefficient (Wildman–Crippen LogP) is 1.36. The van der Waals surface area contributed by atoms with Crippen molar-refractivity contribution >= 4 is 10.2 Å². The largest absolute Gasteiger partial charge is 0.410 e. The van der Waals surface area contributed by atoms with Gasteiger partial charge in [-0.2, -0.15) is 21.6 Å². The standard InChI is InChI=1S/C3H2F4O2S/c4-3(5,6)1-2-10(7,8)9/h1-2H/b2-1+. The van der Waals surface area contributed by atoms with Crippen LogP contribution in [0.5, 0.6) is 0 Å². The molecule has 0 saturated heterocycles. The minimum absolute atomic E-state index is 0.549. The summed E-state index contributed by atoms with van der Waals surface area (Å²) in [6.07, 6.45) is -5.48. The van der Waals surface area contributed by atoms with Crippen molar-refractivity contribution in [1.82, 2.24) is 0 Å². The van der Waals surface area contributed by atoms with Gasteiger partial charge in [-0.25, -0.2) is 0 Å². The lowest BCUT2D eigenvalue weighted by Gasteiger charge is -1.94. The fourth-order valence-electron chi connectivity index (χ4n) is 0.158. The van der Waals surface area contributed by atoms with Gasteiger partial charge in [0, 0.05) is 6.08 Å². The number of hydrogen-bond acceptors (Lipinski definition) is 2. The highest BCUT2D eigenvalue weighted by Gasteiger charge is 2.23. The summed E-state index contributed by atoms with van der Waals surface area (Å²) < 4.78 is 63.4. The fraction of sp³-hybridized carbons (Fsp3) is 0.333. The maximum atomic E-state index is 11.3. The van der Waals surface area contributed by atoms with Crippen LogP contribution in [0.3, 0.4) is 0 Å². The van der Waals surface area contributed by atoms with E-state index in [9.17, 15) is 25.5 Å². The molecule has 0 spiro atoms. The van der Waals surface area contributed by atoms with Gasteiger partial charge in [-0.3, -0.25) is 0 Å². The predicted molar refractivity (Wildman–Crippen MR) is 25.2 cm³/mol. The number of alkyl halides is 3. The Morgan fingerprint density at radius 2 is 1.60 bits per heavy atom. The Morgan fingerprint density at radius 3 is 1.70 bits per heavy atom. The minimum atomic E-state index is -5.16. The van der Waals surface area contributed by atoms with Crippen molar-refractivity contribution in [3.8, 4) is 0 Å². The van der Waals surface area contributed by atoms with Crippen LogP contribution in [-0.2, 0) is 10.2 Å². The summed E-state index contributed by atoms with van der Waals surface area (Å²) in [7, 11) is -5.16. The molecule has 7 heteroatoms. The average molecular weight is 178 g/mol. The van der Waals surface area contributed by atoms with E-state index < -0.39 is 27.9 Å². The van der Waals surface area contributed by atoms with E-state index in [1.165, 1.54) is 0 Å². The minimum Gasteiger partial charge on any atom is -0.190 e. The molecule has 0 saturated carbocycles. The second-order valence-corrected chi connectivity index (χ2v) is 2.54. The molecule has 0 bridgehead atoms. The van der Waals surface area contributed by atoms with E-state index in [1.54, 1.807) is 0 Å². The zero-order valence-corrected chi connectivity index (χ0v) is 5.21. The summed E-state index contributed by atoms with van der Waals surface area (Å²) in [6.45, 7) is 0. The van der Waals surface area contributed by atoms with Crippen LogP contribution in [0.4, 0.5) is 17.1 Å². The van der Waals surface area contributed by atoms with Crippen molar-refractivity contribution in [3.63, 3.8) is 0 Å². The molecule has 2 nitrogen and oxygen atoms in total. The zero-order chi connectivity index (χ0) is 8.41. The van der Waals surface area contributed by atoms with E-state index in [1.807, 2.05) is 0 Å². The summed E-state index contributed by atoms with van der Waals surface area (Å²) in [5.74, 6) is 0. The van der Waals surface area contributed by atoms with E-state index in [0.29, 0.717) is 0 Å². The number of allylic oxidation sites excluding steroid dienone is 1. The lowest BCUT2D eigenvalue weighted by Crippen LogP contribution is -2.01. The van der Waals surface area contributed by atoms with Crippen LogP contribution in [0.15, 0.2) is 11.5 Å². The summed E-state index contributed by atoms with van der Waals surface area (Å²) in [6, 6.07) is 0. The SMILES string of the molecule is O=S(=O)(F)/C=C/C(F)(F)F. The van der Waals surface area contributed by atoms with Gasteiger partial charge in [0.2, 0.25) is 0 Å². The first-order chi connectivity index (χ1) is 4.21. The summed E-state index contributed by atoms with van der Waals surface area (Å²) in [4.78, 5) is 0. The van der Waals surface area contributed by atoms with Crippen molar-refractivity contribution in [2.45, 2.75) is 6.18 Å². The van der Waals surface area contributed by atoms with Crippen LogP contribution >= 0.6 is 0 Å². The topological polar surface area (TPSA) is 34.1 Å². The molecule has 0 radical (unpaired) electrons. The van der Waals surface area contributed by atoms with Gasteiger partial charge in [0.25, 0.3) is 0 Å². The van der Waals surface area contributed by atoms with E-state index in [-0.39, 0.29) is 0 Å². The second-order valence-electron chi connectivity index (χ2n) is 1.32. The van der Waals surface area contributed by atoms with Gasteiger partial charge in [-0.1, -0.05) is 0 Å². The van der Waals surface area contributed by atoms with E-state index in [0.717, 1.165) is 0 Å². The summed E-state index contributed by atoms with van der Waals surface area (Å²) in [5.41, 5.74) is 0. The highest BCUT2D eigenvalue weighted by Crippen LogP contribution is 2.16. The van der Waals surface area contributed by atoms with Gasteiger partial charge < -0.3 is 0 Å². The first-order valence-electron chi connectivity index (χ1n) is 1.91. The van der Waals surface area contributed by atoms with Gasteiger partial charge in [-0.15, -0.1) is 3.89 Å². The van der Waals surface area contributed by atoms with E-state index in [4.69, 9.17) is 0 Å². The third kappa shape index (κ3) is 7.41. The summed E-state index contributed by atoms with van der Waals surface area (Å²) in [5, 5.41) is -0.549. The first kappa shape index (κ1) is 9.41. The smallest absolute Gasteiger partial charge is 0.190 e. The molecule has 0 aromatic carbocycles. The van der Waals surface area contributed by atoms with Crippen LogP contribution in [-0.4, -0.2) is 14.6 Å². The van der Waals surface area contributed by atoms with E-state index >= 15 is 0 Å². The van der Waals surface area contributed by atoms with Crippen LogP contribution in [0.2, 0.25) is 0 Å². The molecule has 0 aliphatic carbocycles. The van der Waals surface area contributed by atoms with Gasteiger partial charge in [0.05, 0.1) is 5.41 Å². The Kier molecular flexibility index (Phi) is 2.42. The number of halogens is 4. The van der Waals surface area contributed by atoms with Crippen molar-refractivity contribution in [3.05, 3.63) is 11.5 Å². The molecule has 0 aliphatic heterocycles. The molecular weight excluding hydrogens is 176 g/mol. The van der Waals surface area contributed by atoms with Crippen molar-refractivity contribution < 1.29 is 25.5 Å². The van der Waals surface area contributed by atoms with Crippen LogP contribution in [0.1, 0.15) is 0 Å². The highest BCUT2D eigenvalue weighted by molar-refractivity contribution is 7.89. The molecule has 0 heterocycles. The van der Waals surface area contributed by atoms with E-state index in [2.05, 4.69) is 0 Å². The Hall–Kier alpha value is -0.590. The molecule has 0 atom stereocenters. The van der Waals surface area contributed by atoms with Gasteiger partial charge in [0.1, 0.15) is 0 Å². The average Bonchev–Trinajstić information content (AvgIpc) is 1.57. The third-order valence-electron chi connectivity index (χ3n) is 0.420. The van der Waals surface area contributed by atoms with Crippen LogP contribution in [0.25, 0.3) is 0 Å². The molecule has 0 rings (SSSR count). The van der Waals surface area contributed by atoms with Gasteiger partial charge in [0.15, 0.2) is 0 Å². The van der Waals surface area contributed by atoms with Gasteiger partial charge in [-0.05, 0) is 0 Å².